The molecule has 1 heterocycles. The van der Waals surface area contributed by atoms with Gasteiger partial charge in [0.05, 0.1) is 0 Å². The maximum absolute atomic E-state index is 4.34. The third-order valence-electron chi connectivity index (χ3n) is 3.05. The van der Waals surface area contributed by atoms with Gasteiger partial charge in [-0.05, 0) is 43.9 Å². The van der Waals surface area contributed by atoms with Gasteiger partial charge in [0.2, 0.25) is 0 Å². The molecule has 0 aliphatic heterocycles. The molecule has 0 aliphatic rings. The molecular formula is C14H24N2. The van der Waals surface area contributed by atoms with E-state index in [0.717, 1.165) is 6.42 Å². The third-order valence-corrected chi connectivity index (χ3v) is 3.05. The summed E-state index contributed by atoms with van der Waals surface area (Å²) in [5, 5.41) is 3.41. The maximum Gasteiger partial charge on any atom is 0.0403 e. The second-order valence-electron chi connectivity index (χ2n) is 5.42. The van der Waals surface area contributed by atoms with Crippen molar-refractivity contribution in [1.82, 2.24) is 10.3 Å². The number of hydrogen-bond acceptors (Lipinski definition) is 2. The highest BCUT2D eigenvalue weighted by Gasteiger charge is 2.21. The van der Waals surface area contributed by atoms with Crippen LogP contribution < -0.4 is 5.32 Å². The summed E-state index contributed by atoms with van der Waals surface area (Å²) in [5.74, 6) is 0. The van der Waals surface area contributed by atoms with E-state index in [9.17, 15) is 0 Å². The summed E-state index contributed by atoms with van der Waals surface area (Å²) in [6, 6.07) is 6.71. The monoisotopic (exact) mass is 220 g/mol. The molecule has 0 saturated carbocycles. The molecule has 0 radical (unpaired) electrons. The molecule has 0 aliphatic carbocycles. The van der Waals surface area contributed by atoms with E-state index in [1.165, 1.54) is 18.5 Å². The molecule has 90 valence electrons. The van der Waals surface area contributed by atoms with Gasteiger partial charge in [0.25, 0.3) is 0 Å². The second kappa shape index (κ2) is 6.00. The topological polar surface area (TPSA) is 24.9 Å². The first-order chi connectivity index (χ1) is 7.54. The summed E-state index contributed by atoms with van der Waals surface area (Å²) >= 11 is 0. The maximum atomic E-state index is 4.34. The first-order valence-corrected chi connectivity index (χ1v) is 6.11. The van der Waals surface area contributed by atoms with Crippen LogP contribution >= 0.6 is 0 Å². The highest BCUT2D eigenvalue weighted by Crippen LogP contribution is 2.22. The van der Waals surface area contributed by atoms with Crippen LogP contribution in [0.25, 0.3) is 0 Å². The Hall–Kier alpha value is -0.890. The Kier molecular flexibility index (Phi) is 4.94. The summed E-state index contributed by atoms with van der Waals surface area (Å²) in [7, 11) is 2.05. The van der Waals surface area contributed by atoms with Gasteiger partial charge in [0.1, 0.15) is 0 Å². The van der Waals surface area contributed by atoms with Crippen molar-refractivity contribution in [3.63, 3.8) is 0 Å². The third kappa shape index (κ3) is 4.31. The quantitative estimate of drug-likeness (QED) is 0.825. The molecular weight excluding hydrogens is 196 g/mol. The average Bonchev–Trinajstić information content (AvgIpc) is 2.24. The van der Waals surface area contributed by atoms with Gasteiger partial charge >= 0.3 is 0 Å². The molecule has 1 unspecified atom stereocenters. The Morgan fingerprint density at radius 3 is 2.56 bits per heavy atom. The van der Waals surface area contributed by atoms with Crippen molar-refractivity contribution in [3.05, 3.63) is 30.1 Å². The number of nitrogens with one attached hydrogen (secondary N) is 1. The lowest BCUT2D eigenvalue weighted by Gasteiger charge is -2.30. The van der Waals surface area contributed by atoms with Gasteiger partial charge in [-0.2, -0.15) is 0 Å². The van der Waals surface area contributed by atoms with Crippen LogP contribution in [0.1, 0.15) is 39.3 Å². The fourth-order valence-electron chi connectivity index (χ4n) is 2.04. The highest BCUT2D eigenvalue weighted by molar-refractivity contribution is 5.03. The average molecular weight is 220 g/mol. The van der Waals surface area contributed by atoms with Crippen LogP contribution in [-0.2, 0) is 6.42 Å². The van der Waals surface area contributed by atoms with E-state index in [1.807, 2.05) is 12.3 Å². The van der Waals surface area contributed by atoms with E-state index in [-0.39, 0.29) is 0 Å². The second-order valence-corrected chi connectivity index (χ2v) is 5.42. The number of aromatic nitrogens is 1. The summed E-state index contributed by atoms with van der Waals surface area (Å²) in [4.78, 5) is 4.34. The molecule has 16 heavy (non-hydrogen) atoms. The highest BCUT2D eigenvalue weighted by atomic mass is 14.9. The fourth-order valence-corrected chi connectivity index (χ4v) is 2.04. The molecule has 2 nitrogen and oxygen atoms in total. The molecule has 0 bridgehead atoms. The Labute approximate surface area is 99.5 Å². The molecule has 1 aromatic heterocycles. The van der Waals surface area contributed by atoms with E-state index >= 15 is 0 Å². The van der Waals surface area contributed by atoms with Crippen molar-refractivity contribution >= 4 is 0 Å². The molecule has 0 fully saturated rings. The Bertz CT molecular complexity index is 287. The minimum Gasteiger partial charge on any atom is -0.316 e. The summed E-state index contributed by atoms with van der Waals surface area (Å²) in [6.07, 6.45) is 5.35. The molecule has 0 aromatic carbocycles. The largest absolute Gasteiger partial charge is 0.316 e. The summed E-state index contributed by atoms with van der Waals surface area (Å²) in [6.45, 7) is 6.86. The fraction of sp³-hybridized carbons (Fsp3) is 0.643. The minimum absolute atomic E-state index is 0.332. The van der Waals surface area contributed by atoms with Gasteiger partial charge in [0.15, 0.2) is 0 Å². The van der Waals surface area contributed by atoms with Crippen LogP contribution in [0.4, 0.5) is 0 Å². The predicted octanol–water partition coefficient (Wildman–Crippen LogP) is 3.04. The first kappa shape index (κ1) is 13.2. The van der Waals surface area contributed by atoms with Crippen LogP contribution in [0, 0.1) is 5.41 Å². The SMILES string of the molecule is CNC(CCCc1ccccn1)C(C)(C)C. The van der Waals surface area contributed by atoms with Crippen LogP contribution in [0.2, 0.25) is 0 Å². The molecule has 1 N–H and O–H groups in total. The number of rotatable bonds is 5. The molecule has 2 heteroatoms. The lowest BCUT2D eigenvalue weighted by Crippen LogP contribution is -2.37. The minimum atomic E-state index is 0.332. The van der Waals surface area contributed by atoms with Crippen LogP contribution in [0.5, 0.6) is 0 Å². The van der Waals surface area contributed by atoms with E-state index in [1.54, 1.807) is 0 Å². The molecule has 1 atom stereocenters. The van der Waals surface area contributed by atoms with Crippen LogP contribution in [0.15, 0.2) is 24.4 Å². The van der Waals surface area contributed by atoms with E-state index in [0.29, 0.717) is 11.5 Å². The zero-order valence-corrected chi connectivity index (χ0v) is 11.0. The van der Waals surface area contributed by atoms with Crippen molar-refractivity contribution < 1.29 is 0 Å². The number of aryl methyl sites for hydroxylation is 1. The first-order valence-electron chi connectivity index (χ1n) is 6.11. The van der Waals surface area contributed by atoms with E-state index in [2.05, 4.69) is 50.3 Å². The lowest BCUT2D eigenvalue weighted by molar-refractivity contribution is 0.263. The summed E-state index contributed by atoms with van der Waals surface area (Å²) in [5.41, 5.74) is 1.53. The molecule has 0 amide bonds. The van der Waals surface area contributed by atoms with Crippen molar-refractivity contribution in [2.75, 3.05) is 7.05 Å². The van der Waals surface area contributed by atoms with Crippen molar-refractivity contribution in [2.24, 2.45) is 5.41 Å². The number of hydrogen-bond donors (Lipinski definition) is 1. The molecule has 0 saturated heterocycles. The number of pyridine rings is 1. The van der Waals surface area contributed by atoms with Gasteiger partial charge in [-0.25, -0.2) is 0 Å². The number of nitrogens with zero attached hydrogens (tertiary/aromatic N) is 1. The molecule has 0 spiro atoms. The zero-order valence-electron chi connectivity index (χ0n) is 11.0. The van der Waals surface area contributed by atoms with E-state index < -0.39 is 0 Å². The van der Waals surface area contributed by atoms with Gasteiger partial charge in [-0.15, -0.1) is 0 Å². The van der Waals surface area contributed by atoms with E-state index in [4.69, 9.17) is 0 Å². The lowest BCUT2D eigenvalue weighted by atomic mass is 9.84. The van der Waals surface area contributed by atoms with Crippen LogP contribution in [-0.4, -0.2) is 18.1 Å². The van der Waals surface area contributed by atoms with Crippen molar-refractivity contribution in [2.45, 2.75) is 46.1 Å². The van der Waals surface area contributed by atoms with Crippen LogP contribution in [0.3, 0.4) is 0 Å². The standard InChI is InChI=1S/C14H24N2/c1-14(2,3)13(15-4)10-7-9-12-8-5-6-11-16-12/h5-6,8,11,13,15H,7,9-10H2,1-4H3. The molecule has 1 aromatic rings. The Morgan fingerprint density at radius 2 is 2.06 bits per heavy atom. The van der Waals surface area contributed by atoms with Gasteiger partial charge in [0, 0.05) is 17.9 Å². The predicted molar refractivity (Wildman–Crippen MR) is 69.5 cm³/mol. The van der Waals surface area contributed by atoms with Crippen molar-refractivity contribution in [3.8, 4) is 0 Å². The van der Waals surface area contributed by atoms with Gasteiger partial charge in [-0.3, -0.25) is 4.98 Å². The zero-order chi connectivity index (χ0) is 12.0. The van der Waals surface area contributed by atoms with Crippen molar-refractivity contribution in [1.29, 1.82) is 0 Å². The Morgan fingerprint density at radius 1 is 1.31 bits per heavy atom. The summed E-state index contributed by atoms with van der Waals surface area (Å²) < 4.78 is 0. The van der Waals surface area contributed by atoms with Gasteiger partial charge in [-0.1, -0.05) is 26.8 Å². The smallest absolute Gasteiger partial charge is 0.0403 e. The van der Waals surface area contributed by atoms with Gasteiger partial charge < -0.3 is 5.32 Å². The normalized spacial score (nSPS) is 13.8. The Balaban J connectivity index is 2.35. The molecule has 1 rings (SSSR count).